The van der Waals surface area contributed by atoms with Crippen LogP contribution in [0.15, 0.2) is 12.2 Å². The molecule has 0 radical (unpaired) electrons. The molecule has 0 aliphatic rings. The number of carbonyl (C=O) groups is 2. The average molecular weight is 428 g/mol. The molecule has 0 amide bonds. The van der Waals surface area contributed by atoms with Crippen LogP contribution in [0.2, 0.25) is 3.12 Å². The number of carboxylic acid groups (broad SMARTS) is 1. The van der Waals surface area contributed by atoms with Gasteiger partial charge < -0.3 is 0 Å². The zero-order valence-corrected chi connectivity index (χ0v) is 14.5. The van der Waals surface area contributed by atoms with Crippen LogP contribution in [-0.2, 0) is 14.5 Å². The summed E-state index contributed by atoms with van der Waals surface area (Å²) in [5.41, 5.74) is 0.183. The quantitative estimate of drug-likeness (QED) is 0.305. The van der Waals surface area contributed by atoms with Crippen LogP contribution in [0, 0.1) is 5.92 Å². The number of aliphatic carboxylic acids is 1. The molecule has 94 valence electrons. The summed E-state index contributed by atoms with van der Waals surface area (Å²) in [6.45, 7) is 10.3. The van der Waals surface area contributed by atoms with Crippen molar-refractivity contribution < 1.29 is 24.8 Å². The Labute approximate surface area is 110 Å². The molecule has 1 atom stereocenters. The minimum absolute atomic E-state index is 0.183. The van der Waals surface area contributed by atoms with Crippen LogP contribution in [0.25, 0.3) is 0 Å². The molecule has 0 saturated heterocycles. The molecule has 16 heavy (non-hydrogen) atoms. The minimum atomic E-state index is -0.792. The third-order valence-corrected chi connectivity index (χ3v) is 5.64. The monoisotopic (exact) mass is 428 g/mol. The fourth-order valence-electron chi connectivity index (χ4n) is 0.325. The maximum atomic E-state index is 10.5. The second kappa shape index (κ2) is 7.74. The summed E-state index contributed by atoms with van der Waals surface area (Å²) in [7, 11) is 0. The van der Waals surface area contributed by atoms with E-state index in [1.807, 2.05) is 20.8 Å². The van der Waals surface area contributed by atoms with Gasteiger partial charge in [0, 0.05) is 5.57 Å². The topological polar surface area (TPSA) is 83.8 Å². The normalized spacial score (nSPS) is 13.2. The fourth-order valence-corrected chi connectivity index (χ4v) is 0.325. The molecule has 0 aliphatic heterocycles. The summed E-state index contributed by atoms with van der Waals surface area (Å²) in [4.78, 5) is 23.7. The van der Waals surface area contributed by atoms with E-state index >= 15 is 0 Å². The van der Waals surface area contributed by atoms with Crippen LogP contribution in [0.1, 0.15) is 27.7 Å². The second-order valence-electron chi connectivity index (χ2n) is 3.90. The van der Waals surface area contributed by atoms with E-state index in [1.54, 1.807) is 0 Å². The van der Waals surface area contributed by atoms with Crippen molar-refractivity contribution in [1.29, 1.82) is 0 Å². The fraction of sp³-hybridized carbons (Fsp3) is 0.600. The van der Waals surface area contributed by atoms with E-state index in [2.05, 4.69) is 11.5 Å². The summed E-state index contributed by atoms with van der Waals surface area (Å²) in [5, 5.41) is 16.2. The van der Waals surface area contributed by atoms with Crippen LogP contribution in [0.5, 0.6) is 0 Å². The van der Waals surface area contributed by atoms with Crippen LogP contribution < -0.4 is 0 Å². The Morgan fingerprint density at radius 3 is 1.81 bits per heavy atom. The van der Waals surface area contributed by atoms with E-state index in [-0.39, 0.29) is 11.5 Å². The van der Waals surface area contributed by atoms with Crippen LogP contribution >= 0.6 is 0 Å². The van der Waals surface area contributed by atoms with Crippen LogP contribution in [0.3, 0.4) is 0 Å². The molecule has 2 N–H and O–H groups in total. The van der Waals surface area contributed by atoms with E-state index in [9.17, 15) is 9.59 Å². The van der Waals surface area contributed by atoms with Gasteiger partial charge in [-0.1, -0.05) is 6.58 Å². The zero-order valence-electron chi connectivity index (χ0n) is 9.98. The van der Waals surface area contributed by atoms with Gasteiger partial charge in [0.25, 0.3) is 0 Å². The number of hydrogen-bond acceptors (Lipinski definition) is 4. The van der Waals surface area contributed by atoms with Gasteiger partial charge in [-0.15, -0.1) is 0 Å². The Hall–Kier alpha value is -0.477. The van der Waals surface area contributed by atoms with Crippen molar-refractivity contribution in [3.8, 4) is 0 Å². The molecule has 0 heterocycles. The van der Waals surface area contributed by atoms with Crippen molar-refractivity contribution in [2.24, 2.45) is 5.92 Å². The van der Waals surface area contributed by atoms with Crippen molar-refractivity contribution >= 4 is 36.7 Å². The molecule has 6 heteroatoms. The van der Waals surface area contributed by atoms with E-state index in [0.29, 0.717) is 24.7 Å². The molecular weight excluding hydrogens is 409 g/mol. The van der Waals surface area contributed by atoms with Gasteiger partial charge in [0.05, 0.1) is 0 Å². The number of hydrogen-bond donors (Lipinski definition) is 2. The molecule has 0 fully saturated rings. The summed E-state index contributed by atoms with van der Waals surface area (Å²) in [5.74, 6) is -1.18. The second-order valence-corrected chi connectivity index (χ2v) is 8.56. The van der Waals surface area contributed by atoms with Gasteiger partial charge in [-0.05, 0) is 6.92 Å². The van der Waals surface area contributed by atoms with Gasteiger partial charge >= 0.3 is 76.4 Å². The van der Waals surface area contributed by atoms with Crippen molar-refractivity contribution in [1.82, 2.24) is 0 Å². The number of rotatable bonds is 3. The first-order valence-electron chi connectivity index (χ1n) is 4.60. The Kier molecular flexibility index (Phi) is 8.66. The van der Waals surface area contributed by atoms with Crippen molar-refractivity contribution in [2.75, 3.05) is 0 Å². The maximum absolute atomic E-state index is 10.5. The van der Waals surface area contributed by atoms with Crippen molar-refractivity contribution in [2.45, 2.75) is 30.8 Å². The Morgan fingerprint density at radius 2 is 1.81 bits per heavy atom. The van der Waals surface area contributed by atoms with E-state index < -0.39 is 15.1 Å². The molecule has 0 aromatic rings. The molecule has 0 rings (SSSR count). The standard InChI is InChI=1S/C6H11O2.C4H6O3.Bi.2H/c1-4(2)5(3)6(7)8;1-3(2)4(5)7-6;;;/h4H,1-3H3,(H,7,8);6H,1H2,2H3;;;. The molecule has 0 spiro atoms. The Bertz CT molecular complexity index is 270. The third-order valence-electron chi connectivity index (χ3n) is 2.09. The Morgan fingerprint density at radius 1 is 1.44 bits per heavy atom. The summed E-state index contributed by atoms with van der Waals surface area (Å²) in [6.07, 6.45) is 0. The van der Waals surface area contributed by atoms with Crippen LogP contribution in [-0.4, -0.2) is 47.0 Å². The summed E-state index contributed by atoms with van der Waals surface area (Å²) >= 11 is 0.514. The first kappa shape index (κ1) is 17.9. The van der Waals surface area contributed by atoms with Gasteiger partial charge in [-0.25, -0.2) is 4.79 Å². The number of carboxylic acids is 1. The third kappa shape index (κ3) is 6.91. The van der Waals surface area contributed by atoms with Crippen molar-refractivity contribution in [3.05, 3.63) is 12.2 Å². The Balaban J connectivity index is 0. The first-order valence-corrected chi connectivity index (χ1v) is 6.85. The van der Waals surface area contributed by atoms with E-state index in [4.69, 9.17) is 10.4 Å². The van der Waals surface area contributed by atoms with Crippen molar-refractivity contribution in [3.63, 3.8) is 0 Å². The molecule has 0 aromatic heterocycles. The predicted octanol–water partition coefficient (Wildman–Crippen LogP) is 1.12. The van der Waals surface area contributed by atoms with Crippen LogP contribution in [0.4, 0.5) is 0 Å². The number of carbonyl (C=O) groups excluding carboxylic acids is 1. The van der Waals surface area contributed by atoms with Gasteiger partial charge in [0.1, 0.15) is 0 Å². The van der Waals surface area contributed by atoms with E-state index in [0.717, 1.165) is 0 Å². The first-order chi connectivity index (χ1) is 7.07. The van der Waals surface area contributed by atoms with Gasteiger partial charge in [0.2, 0.25) is 0 Å². The molecule has 0 bridgehead atoms. The molecule has 1 unspecified atom stereocenters. The average Bonchev–Trinajstić information content (AvgIpc) is 2.16. The zero-order chi connectivity index (χ0) is 13.5. The molecule has 0 saturated carbocycles. The summed E-state index contributed by atoms with van der Waals surface area (Å²) < 4.78 is -0.417. The molecule has 0 aliphatic carbocycles. The van der Waals surface area contributed by atoms with Gasteiger partial charge in [0.15, 0.2) is 0 Å². The molecule has 5 nitrogen and oxygen atoms in total. The van der Waals surface area contributed by atoms with E-state index in [1.165, 1.54) is 6.92 Å². The van der Waals surface area contributed by atoms with Gasteiger partial charge in [-0.3, -0.25) is 4.89 Å². The predicted molar refractivity (Wildman–Crippen MR) is 62.9 cm³/mol. The molecule has 0 aromatic carbocycles. The molecular formula is C10H19BiO5. The van der Waals surface area contributed by atoms with Gasteiger partial charge in [-0.2, -0.15) is 5.26 Å². The summed E-state index contributed by atoms with van der Waals surface area (Å²) in [6, 6.07) is 0. The SMILES string of the molecule is C=C(C)C(=O)OO.CC(C)[C](C)([BiH2])C(=O)O.